The molecule has 2 aromatic carbocycles. The number of benzene rings is 2. The van der Waals surface area contributed by atoms with Crippen molar-refractivity contribution in [3.63, 3.8) is 0 Å². The second kappa shape index (κ2) is 12.6. The van der Waals surface area contributed by atoms with Gasteiger partial charge < -0.3 is 9.84 Å². The van der Waals surface area contributed by atoms with Gasteiger partial charge in [-0.25, -0.2) is 10.4 Å². The van der Waals surface area contributed by atoms with Crippen molar-refractivity contribution in [1.82, 2.24) is 20.3 Å². The summed E-state index contributed by atoms with van der Waals surface area (Å²) < 4.78 is 6.62. The van der Waals surface area contributed by atoms with E-state index >= 15 is 0 Å². The molecule has 3 aromatic rings. The first kappa shape index (κ1) is 26.4. The van der Waals surface area contributed by atoms with Crippen LogP contribution in [0.4, 0.5) is 0 Å². The number of carboxylic acid groups (broad SMARTS) is 1. The number of amides is 1. The van der Waals surface area contributed by atoms with Crippen LogP contribution in [-0.2, 0) is 27.4 Å². The molecule has 36 heavy (non-hydrogen) atoms. The number of thiazole rings is 1. The summed E-state index contributed by atoms with van der Waals surface area (Å²) in [6, 6.07) is 18.4. The van der Waals surface area contributed by atoms with Gasteiger partial charge in [-0.1, -0.05) is 60.7 Å². The Hall–Kier alpha value is -2.63. The number of nitrogens with zero attached hydrogens (tertiary/aromatic N) is 3. The van der Waals surface area contributed by atoms with Crippen LogP contribution in [0, 0.1) is 0 Å². The number of hydrogen-bond donors (Lipinski definition) is 2. The maximum Gasteiger partial charge on any atom is 0.322 e. The van der Waals surface area contributed by atoms with Gasteiger partial charge >= 0.3 is 5.97 Å². The number of carbonyl (C=O) groups excluding carboxylic acids is 1. The zero-order valence-corrected chi connectivity index (χ0v) is 22.3. The summed E-state index contributed by atoms with van der Waals surface area (Å²) in [5.41, 5.74) is 5.03. The third-order valence-corrected chi connectivity index (χ3v) is 7.75. The molecule has 1 aliphatic heterocycles. The fourth-order valence-corrected chi connectivity index (χ4v) is 5.78. The fourth-order valence-electron chi connectivity index (χ4n) is 4.41. The number of rotatable bonds is 10. The zero-order chi connectivity index (χ0) is 25.5. The van der Waals surface area contributed by atoms with Gasteiger partial charge in [-0.3, -0.25) is 19.5 Å². The second-order valence-electron chi connectivity index (χ2n) is 8.64. The number of carboxylic acids is 1. The Morgan fingerprint density at radius 1 is 1.17 bits per heavy atom. The number of ether oxygens (including phenoxy) is 1. The highest BCUT2D eigenvalue weighted by molar-refractivity contribution is 9.10. The van der Waals surface area contributed by atoms with Crippen LogP contribution in [0.25, 0.3) is 0 Å². The largest absolute Gasteiger partial charge is 0.480 e. The molecule has 0 bridgehead atoms. The van der Waals surface area contributed by atoms with Crippen LogP contribution >= 0.6 is 27.3 Å². The van der Waals surface area contributed by atoms with Crippen molar-refractivity contribution >= 4 is 39.1 Å². The summed E-state index contributed by atoms with van der Waals surface area (Å²) in [5, 5.41) is 13.5. The van der Waals surface area contributed by atoms with Gasteiger partial charge in [-0.2, -0.15) is 0 Å². The lowest BCUT2D eigenvalue weighted by Gasteiger charge is -2.40. The highest BCUT2D eigenvalue weighted by atomic mass is 79.9. The van der Waals surface area contributed by atoms with E-state index in [0.29, 0.717) is 42.1 Å². The van der Waals surface area contributed by atoms with Crippen molar-refractivity contribution < 1.29 is 19.4 Å². The Kier molecular flexibility index (Phi) is 9.22. The monoisotopic (exact) mass is 572 g/mol. The molecule has 2 N–H and O–H groups in total. The molecule has 190 valence electrons. The molecule has 0 radical (unpaired) electrons. The molecule has 1 amide bonds. The standard InChI is InChI=1S/C26H29BrN4O4S/c1-35-23(24-28-21(27)17-36-24)22(25(32)31-14-8-13-20(29-31)26(33)34)30(15-18-9-4-2-5-10-18)16-19-11-6-3-7-12-19/h2-7,9-12,17,20,22-23,29H,8,13-16H2,1H3,(H,33,34)/t20-,22-,23-/m0/s1. The summed E-state index contributed by atoms with van der Waals surface area (Å²) in [6.07, 6.45) is 0.405. The summed E-state index contributed by atoms with van der Waals surface area (Å²) in [5.74, 6) is -1.22. The number of carbonyl (C=O) groups is 2. The summed E-state index contributed by atoms with van der Waals surface area (Å²) in [6.45, 7) is 1.41. The van der Waals surface area contributed by atoms with E-state index in [0.717, 1.165) is 11.1 Å². The number of nitrogens with one attached hydrogen (secondary N) is 1. The van der Waals surface area contributed by atoms with Gasteiger partial charge in [0.05, 0.1) is 0 Å². The van der Waals surface area contributed by atoms with Gasteiger partial charge in [0, 0.05) is 32.1 Å². The first-order chi connectivity index (χ1) is 17.5. The molecule has 0 aliphatic carbocycles. The number of aliphatic carboxylic acids is 1. The number of methoxy groups -OCH3 is 1. The molecule has 3 atom stereocenters. The molecular formula is C26H29BrN4O4S. The minimum absolute atomic E-state index is 0.244. The normalized spacial score (nSPS) is 17.6. The SMILES string of the molecule is CO[C@H](c1nc(Br)cs1)[C@@H](C(=O)N1CCC[C@@H](C(=O)O)N1)N(Cc1ccccc1)Cc1ccccc1. The number of aromatic nitrogens is 1. The Labute approximate surface area is 223 Å². The average Bonchev–Trinajstić information content (AvgIpc) is 3.33. The summed E-state index contributed by atoms with van der Waals surface area (Å²) in [7, 11) is 1.58. The van der Waals surface area contributed by atoms with Gasteiger partial charge in [-0.05, 0) is 39.9 Å². The summed E-state index contributed by atoms with van der Waals surface area (Å²) >= 11 is 4.83. The third kappa shape index (κ3) is 6.57. The number of hydrazine groups is 1. The van der Waals surface area contributed by atoms with Gasteiger partial charge in [0.25, 0.3) is 5.91 Å². The Morgan fingerprint density at radius 3 is 2.28 bits per heavy atom. The zero-order valence-electron chi connectivity index (χ0n) is 19.9. The molecule has 8 nitrogen and oxygen atoms in total. The average molecular weight is 574 g/mol. The van der Waals surface area contributed by atoms with Gasteiger partial charge in [0.15, 0.2) is 0 Å². The van der Waals surface area contributed by atoms with E-state index < -0.39 is 24.2 Å². The van der Waals surface area contributed by atoms with Crippen LogP contribution in [0.1, 0.15) is 35.1 Å². The van der Waals surface area contributed by atoms with Crippen molar-refractivity contribution in [2.24, 2.45) is 0 Å². The molecule has 1 fully saturated rings. The predicted molar refractivity (Wildman–Crippen MR) is 141 cm³/mol. The van der Waals surface area contributed by atoms with Crippen LogP contribution in [-0.4, -0.2) is 57.6 Å². The Morgan fingerprint density at radius 2 is 1.78 bits per heavy atom. The molecular weight excluding hydrogens is 544 g/mol. The predicted octanol–water partition coefficient (Wildman–Crippen LogP) is 4.24. The van der Waals surface area contributed by atoms with Crippen molar-refractivity contribution in [2.45, 2.75) is 44.1 Å². The topological polar surface area (TPSA) is 95.0 Å². The molecule has 1 aromatic heterocycles. The van der Waals surface area contributed by atoms with Crippen molar-refractivity contribution in [3.8, 4) is 0 Å². The van der Waals surface area contributed by atoms with Crippen LogP contribution in [0.3, 0.4) is 0 Å². The van der Waals surface area contributed by atoms with E-state index in [1.165, 1.54) is 16.3 Å². The van der Waals surface area contributed by atoms with E-state index in [-0.39, 0.29) is 5.91 Å². The number of halogens is 1. The van der Waals surface area contributed by atoms with Gasteiger partial charge in [0.2, 0.25) is 0 Å². The highest BCUT2D eigenvalue weighted by Gasteiger charge is 2.41. The maximum absolute atomic E-state index is 14.2. The first-order valence-corrected chi connectivity index (χ1v) is 13.4. The lowest BCUT2D eigenvalue weighted by molar-refractivity contribution is -0.153. The fraction of sp³-hybridized carbons (Fsp3) is 0.346. The van der Waals surface area contributed by atoms with Crippen LogP contribution in [0.15, 0.2) is 70.6 Å². The molecule has 1 saturated heterocycles. The van der Waals surface area contributed by atoms with Crippen LogP contribution in [0.5, 0.6) is 0 Å². The smallest absolute Gasteiger partial charge is 0.322 e. The Balaban J connectivity index is 1.74. The van der Waals surface area contributed by atoms with Crippen LogP contribution < -0.4 is 5.43 Å². The van der Waals surface area contributed by atoms with E-state index in [2.05, 4.69) is 31.2 Å². The second-order valence-corrected chi connectivity index (χ2v) is 10.3. The first-order valence-electron chi connectivity index (χ1n) is 11.7. The van der Waals surface area contributed by atoms with Gasteiger partial charge in [-0.15, -0.1) is 11.3 Å². The minimum atomic E-state index is -0.971. The molecule has 10 heteroatoms. The van der Waals surface area contributed by atoms with Crippen molar-refractivity contribution in [2.75, 3.05) is 13.7 Å². The highest BCUT2D eigenvalue weighted by Crippen LogP contribution is 2.32. The van der Waals surface area contributed by atoms with Crippen molar-refractivity contribution in [3.05, 3.63) is 86.8 Å². The molecule has 0 unspecified atom stereocenters. The molecule has 1 aliphatic rings. The molecule has 0 saturated carbocycles. The van der Waals surface area contributed by atoms with Gasteiger partial charge in [0.1, 0.15) is 27.8 Å². The molecule has 4 rings (SSSR count). The maximum atomic E-state index is 14.2. The van der Waals surface area contributed by atoms with E-state index in [4.69, 9.17) is 4.74 Å². The molecule has 2 heterocycles. The Bertz CT molecular complexity index is 1110. The van der Waals surface area contributed by atoms with Crippen LogP contribution in [0.2, 0.25) is 0 Å². The van der Waals surface area contributed by atoms with Crippen molar-refractivity contribution in [1.29, 1.82) is 0 Å². The number of hydrogen-bond acceptors (Lipinski definition) is 7. The van der Waals surface area contributed by atoms with E-state index in [9.17, 15) is 14.7 Å². The molecule has 0 spiro atoms. The van der Waals surface area contributed by atoms with E-state index in [1.54, 1.807) is 7.11 Å². The lowest BCUT2D eigenvalue weighted by Crippen LogP contribution is -2.60. The third-order valence-electron chi connectivity index (χ3n) is 6.13. The quantitative estimate of drug-likeness (QED) is 0.375. The lowest BCUT2D eigenvalue weighted by atomic mass is 10.0. The minimum Gasteiger partial charge on any atom is -0.480 e. The summed E-state index contributed by atoms with van der Waals surface area (Å²) in [4.78, 5) is 32.5. The van der Waals surface area contributed by atoms with E-state index in [1.807, 2.05) is 66.0 Å².